The number of nitrogens with zero attached hydrogens (tertiary/aromatic N) is 3. The van der Waals surface area contributed by atoms with E-state index < -0.39 is 0 Å². The van der Waals surface area contributed by atoms with E-state index in [1.807, 2.05) is 24.4 Å². The van der Waals surface area contributed by atoms with Gasteiger partial charge in [0.25, 0.3) is 0 Å². The quantitative estimate of drug-likeness (QED) is 0.162. The van der Waals surface area contributed by atoms with Gasteiger partial charge in [-0.1, -0.05) is 158 Å². The van der Waals surface area contributed by atoms with Gasteiger partial charge >= 0.3 is 0 Å². The van der Waals surface area contributed by atoms with Gasteiger partial charge in [-0.15, -0.1) is 24.3 Å². The second-order valence-electron chi connectivity index (χ2n) is 18.6. The fraction of sp³-hybridized carbons (Fsp3) is 0.193. The Kier molecular flexibility index (Phi) is 11.4. The first kappa shape index (κ1) is 42.6. The number of para-hydroxylation sites is 3. The molecule has 0 bridgehead atoms. The van der Waals surface area contributed by atoms with Crippen molar-refractivity contribution in [1.29, 1.82) is 0 Å². The molecule has 0 unspecified atom stereocenters. The average molecular weight is 990 g/mol. The second kappa shape index (κ2) is 16.6. The van der Waals surface area contributed by atoms with Crippen LogP contribution in [0.15, 0.2) is 158 Å². The molecule has 6 aromatic carbocycles. The smallest absolute Gasteiger partial charge is 0.124 e. The van der Waals surface area contributed by atoms with Gasteiger partial charge in [0.2, 0.25) is 0 Å². The van der Waals surface area contributed by atoms with Crippen molar-refractivity contribution in [2.24, 2.45) is 0 Å². The summed E-state index contributed by atoms with van der Waals surface area (Å²) in [5, 5.41) is 13.5. The normalized spacial score (nSPS) is 12.0. The molecule has 0 fully saturated rings. The number of aromatic hydroxyl groups is 1. The zero-order valence-corrected chi connectivity index (χ0v) is 39.0. The Balaban J connectivity index is 0.00000529. The molecule has 0 saturated carbocycles. The number of phenols is 1. The molecule has 0 amide bonds. The van der Waals surface area contributed by atoms with Crippen LogP contribution < -0.4 is 0 Å². The van der Waals surface area contributed by atoms with Crippen molar-refractivity contribution in [1.82, 2.24) is 14.5 Å². The molecule has 9 rings (SSSR count). The summed E-state index contributed by atoms with van der Waals surface area (Å²) in [5.74, 6) is 0.478. The van der Waals surface area contributed by atoms with E-state index in [0.717, 1.165) is 44.9 Å². The fourth-order valence-electron chi connectivity index (χ4n) is 8.53. The standard InChI is InChI=1S/C57H52N3O.Pt/c1-36(2)45-25-26-47-46-21-12-14-23-52(46)60(44-19-10-9-11-20-44)55(47)54(45)39-27-28-58-49(32-39)37-17-16-18-38(29-37)50-33-41(34-51(59-50)48-22-13-15-24-53(48)61)40-30-42(56(3,4)5)35-43(31-40)57(6,7)8;/h9-28,30-36,61H,1-8H3;/q-1;. The zero-order valence-electron chi connectivity index (χ0n) is 36.7. The van der Waals surface area contributed by atoms with E-state index in [0.29, 0.717) is 11.3 Å². The fourth-order valence-corrected chi connectivity index (χ4v) is 8.53. The van der Waals surface area contributed by atoms with Crippen LogP contribution in [0.3, 0.4) is 0 Å². The molecule has 3 heterocycles. The summed E-state index contributed by atoms with van der Waals surface area (Å²) in [6, 6.07) is 56.9. The molecule has 9 aromatic rings. The maximum atomic E-state index is 11.1. The van der Waals surface area contributed by atoms with Crippen LogP contribution in [0, 0.1) is 6.07 Å². The Morgan fingerprint density at radius 2 is 1.18 bits per heavy atom. The van der Waals surface area contributed by atoms with E-state index in [1.54, 1.807) is 6.07 Å². The van der Waals surface area contributed by atoms with Gasteiger partial charge in [-0.3, -0.25) is 9.97 Å². The van der Waals surface area contributed by atoms with Crippen molar-refractivity contribution in [2.45, 2.75) is 72.1 Å². The number of fused-ring (bicyclic) bond motifs is 3. The predicted octanol–water partition coefficient (Wildman–Crippen LogP) is 15.1. The summed E-state index contributed by atoms with van der Waals surface area (Å²) >= 11 is 0. The number of rotatable bonds is 7. The number of pyridine rings is 2. The Hall–Kier alpha value is -6.09. The van der Waals surface area contributed by atoms with Crippen LogP contribution in [0.2, 0.25) is 0 Å². The number of aromatic nitrogens is 3. The second-order valence-corrected chi connectivity index (χ2v) is 18.6. The topological polar surface area (TPSA) is 50.9 Å². The van der Waals surface area contributed by atoms with Gasteiger partial charge in [-0.2, -0.15) is 0 Å². The Bertz CT molecular complexity index is 3060. The van der Waals surface area contributed by atoms with Crippen molar-refractivity contribution >= 4 is 21.8 Å². The van der Waals surface area contributed by atoms with Crippen molar-refractivity contribution < 1.29 is 26.2 Å². The summed E-state index contributed by atoms with van der Waals surface area (Å²) in [6.07, 6.45) is 1.92. The molecule has 4 nitrogen and oxygen atoms in total. The molecule has 0 saturated heterocycles. The van der Waals surface area contributed by atoms with Crippen LogP contribution >= 0.6 is 0 Å². The van der Waals surface area contributed by atoms with Gasteiger partial charge in [0.15, 0.2) is 0 Å². The molecule has 0 spiro atoms. The minimum atomic E-state index is -0.0460. The van der Waals surface area contributed by atoms with Crippen molar-refractivity contribution in [2.75, 3.05) is 0 Å². The SMILES string of the molecule is CC(C)c1ccc2c3ccccc3n(-c3ccccc3)c2c1-c1ccnc(-c2[c-]c(-c3cc(-c4cc(C(C)(C)C)cc(C(C)(C)C)c4)cc(-c4ccccc4O)n3)ccc2)c1.[Pt]. The summed E-state index contributed by atoms with van der Waals surface area (Å²) in [4.78, 5) is 10.2. The summed E-state index contributed by atoms with van der Waals surface area (Å²) in [7, 11) is 0. The van der Waals surface area contributed by atoms with Crippen LogP contribution in [-0.2, 0) is 31.9 Å². The van der Waals surface area contributed by atoms with Crippen molar-refractivity contribution in [3.63, 3.8) is 0 Å². The average Bonchev–Trinajstić information content (AvgIpc) is 3.60. The van der Waals surface area contributed by atoms with Gasteiger partial charge in [0.1, 0.15) is 5.75 Å². The maximum absolute atomic E-state index is 11.1. The zero-order chi connectivity index (χ0) is 42.6. The van der Waals surface area contributed by atoms with E-state index in [2.05, 4.69) is 193 Å². The molecular formula is C57H52N3OPt-. The van der Waals surface area contributed by atoms with E-state index in [9.17, 15) is 5.11 Å². The largest absolute Gasteiger partial charge is 0.507 e. The molecule has 1 N–H and O–H groups in total. The van der Waals surface area contributed by atoms with Crippen LogP contribution in [0.5, 0.6) is 5.75 Å². The summed E-state index contributed by atoms with van der Waals surface area (Å²) < 4.78 is 2.42. The molecule has 62 heavy (non-hydrogen) atoms. The van der Waals surface area contributed by atoms with Crippen molar-refractivity contribution in [3.05, 3.63) is 181 Å². The number of hydrogen-bond donors (Lipinski definition) is 1. The third-order valence-electron chi connectivity index (χ3n) is 11.9. The van der Waals surface area contributed by atoms with Crippen LogP contribution in [-0.4, -0.2) is 19.6 Å². The van der Waals surface area contributed by atoms with E-state index >= 15 is 0 Å². The van der Waals surface area contributed by atoms with Gasteiger partial charge in [-0.05, 0) is 92.6 Å². The summed E-state index contributed by atoms with van der Waals surface area (Å²) in [5.41, 5.74) is 16.4. The molecular weight excluding hydrogens is 938 g/mol. The maximum Gasteiger partial charge on any atom is 0.124 e. The molecule has 0 aliphatic rings. The Morgan fingerprint density at radius 3 is 1.87 bits per heavy atom. The Morgan fingerprint density at radius 1 is 0.565 bits per heavy atom. The van der Waals surface area contributed by atoms with Crippen LogP contribution in [0.25, 0.3) is 83.5 Å². The molecule has 0 aliphatic carbocycles. The third-order valence-corrected chi connectivity index (χ3v) is 11.9. The molecule has 312 valence electrons. The monoisotopic (exact) mass is 989 g/mol. The number of benzene rings is 6. The number of hydrogen-bond acceptors (Lipinski definition) is 3. The van der Waals surface area contributed by atoms with Gasteiger partial charge in [-0.25, -0.2) is 0 Å². The molecule has 0 atom stereocenters. The van der Waals surface area contributed by atoms with Crippen molar-refractivity contribution in [3.8, 4) is 67.5 Å². The molecule has 5 heteroatoms. The minimum Gasteiger partial charge on any atom is -0.507 e. The van der Waals surface area contributed by atoms with E-state index in [1.165, 1.54) is 44.1 Å². The molecule has 0 aliphatic heterocycles. The summed E-state index contributed by atoms with van der Waals surface area (Å²) in [6.45, 7) is 18.1. The number of phenolic OH excluding ortho intramolecular Hbond substituents is 1. The van der Waals surface area contributed by atoms with Gasteiger partial charge in [0, 0.05) is 66.2 Å². The first-order valence-electron chi connectivity index (χ1n) is 21.3. The van der Waals surface area contributed by atoms with E-state index in [-0.39, 0.29) is 43.6 Å². The van der Waals surface area contributed by atoms with E-state index in [4.69, 9.17) is 9.97 Å². The first-order valence-corrected chi connectivity index (χ1v) is 21.3. The Labute approximate surface area is 380 Å². The first-order chi connectivity index (χ1) is 29.2. The van der Waals surface area contributed by atoms with Gasteiger partial charge in [0.05, 0.1) is 16.7 Å². The minimum absolute atomic E-state index is 0. The molecule has 3 aromatic heterocycles. The predicted molar refractivity (Wildman–Crippen MR) is 256 cm³/mol. The third kappa shape index (κ3) is 8.05. The molecule has 0 radical (unpaired) electrons. The van der Waals surface area contributed by atoms with Crippen LogP contribution in [0.1, 0.15) is 78.0 Å². The van der Waals surface area contributed by atoms with Gasteiger partial charge < -0.3 is 9.67 Å². The van der Waals surface area contributed by atoms with Crippen LogP contribution in [0.4, 0.5) is 0 Å².